The van der Waals surface area contributed by atoms with Gasteiger partial charge in [0.05, 0.1) is 32.5 Å². The number of rotatable bonds is 14. The first-order valence-electron chi connectivity index (χ1n) is 10.7. The smallest absolute Gasteiger partial charge is 0.151 e. The van der Waals surface area contributed by atoms with Crippen molar-refractivity contribution in [3.63, 3.8) is 0 Å². The van der Waals surface area contributed by atoms with E-state index in [0.29, 0.717) is 12.9 Å². The molecule has 0 aliphatic heterocycles. The van der Waals surface area contributed by atoms with Crippen LogP contribution in [0, 0.1) is 0 Å². The maximum absolute atomic E-state index is 12.0. The molecule has 0 heterocycles. The lowest BCUT2D eigenvalue weighted by Gasteiger charge is -2.28. The molecule has 0 radical (unpaired) electrons. The Bertz CT molecular complexity index is 996. The third-order valence-corrected chi connectivity index (χ3v) is 5.01. The number of ether oxygens (including phenoxy) is 3. The molecule has 0 aliphatic carbocycles. The minimum absolute atomic E-state index is 0.0808. The Morgan fingerprint density at radius 1 is 0.758 bits per heavy atom. The van der Waals surface area contributed by atoms with Gasteiger partial charge in [0, 0.05) is 4.91 Å². The van der Waals surface area contributed by atoms with Gasteiger partial charge in [0.15, 0.2) is 6.29 Å². The van der Waals surface area contributed by atoms with E-state index in [1.807, 2.05) is 91.0 Å². The fourth-order valence-corrected chi connectivity index (χ4v) is 3.30. The van der Waals surface area contributed by atoms with Gasteiger partial charge in [0.25, 0.3) is 0 Å². The molecule has 0 unspecified atom stereocenters. The van der Waals surface area contributed by atoms with E-state index in [9.17, 15) is 4.79 Å². The lowest BCUT2D eigenvalue weighted by Crippen LogP contribution is -2.43. The third kappa shape index (κ3) is 8.18. The van der Waals surface area contributed by atoms with Crippen LogP contribution >= 0.6 is 0 Å². The molecule has 7 nitrogen and oxygen atoms in total. The van der Waals surface area contributed by atoms with Crippen LogP contribution in [0.25, 0.3) is 10.4 Å². The van der Waals surface area contributed by atoms with Crippen LogP contribution in [0.1, 0.15) is 16.7 Å². The second-order valence-corrected chi connectivity index (χ2v) is 7.43. The molecule has 3 aromatic carbocycles. The normalized spacial score (nSPS) is 13.5. The van der Waals surface area contributed by atoms with E-state index in [0.717, 1.165) is 16.7 Å². The highest BCUT2D eigenvalue weighted by Gasteiger charge is 2.31. The first-order chi connectivity index (χ1) is 16.3. The highest BCUT2D eigenvalue weighted by Crippen LogP contribution is 2.17. The number of aldehydes is 1. The van der Waals surface area contributed by atoms with Crippen LogP contribution in [0.4, 0.5) is 0 Å². The molecule has 33 heavy (non-hydrogen) atoms. The standard InChI is InChI=1S/C26H27N3O4/c27-29-28-24(20-31-17-21-10-4-1-5-11-21)26(33-19-23-14-8-3-9-15-23)25(16-30)32-18-22-12-6-2-7-13-22/h1-16,24-26H,17-20H2/t24-,25-,26+/m1/s1. The summed E-state index contributed by atoms with van der Waals surface area (Å²) in [7, 11) is 0. The zero-order chi connectivity index (χ0) is 23.1. The van der Waals surface area contributed by atoms with E-state index < -0.39 is 18.2 Å². The van der Waals surface area contributed by atoms with Crippen LogP contribution in [0.5, 0.6) is 0 Å². The van der Waals surface area contributed by atoms with E-state index >= 15 is 0 Å². The van der Waals surface area contributed by atoms with E-state index in [1.165, 1.54) is 0 Å². The van der Waals surface area contributed by atoms with Gasteiger partial charge in [0.2, 0.25) is 0 Å². The average Bonchev–Trinajstić information content (AvgIpc) is 2.87. The molecule has 0 aliphatic rings. The molecule has 0 aromatic heterocycles. The Morgan fingerprint density at radius 3 is 1.73 bits per heavy atom. The van der Waals surface area contributed by atoms with E-state index in [2.05, 4.69) is 10.0 Å². The van der Waals surface area contributed by atoms with Gasteiger partial charge in [-0.2, -0.15) is 0 Å². The van der Waals surface area contributed by atoms with Crippen molar-refractivity contribution in [1.82, 2.24) is 0 Å². The lowest BCUT2D eigenvalue weighted by atomic mass is 10.1. The van der Waals surface area contributed by atoms with Crippen LogP contribution in [-0.2, 0) is 38.8 Å². The zero-order valence-electron chi connectivity index (χ0n) is 18.3. The largest absolute Gasteiger partial charge is 0.376 e. The summed E-state index contributed by atoms with van der Waals surface area (Å²) in [5.74, 6) is 0. The average molecular weight is 446 g/mol. The Hall–Kier alpha value is -3.48. The Balaban J connectivity index is 1.72. The van der Waals surface area contributed by atoms with Crippen molar-refractivity contribution in [3.05, 3.63) is 118 Å². The predicted molar refractivity (Wildman–Crippen MR) is 125 cm³/mol. The molecule has 0 N–H and O–H groups in total. The number of carbonyl (C=O) groups is 1. The van der Waals surface area contributed by atoms with Crippen molar-refractivity contribution in [1.29, 1.82) is 0 Å². The van der Waals surface area contributed by atoms with Crippen LogP contribution in [0.2, 0.25) is 0 Å². The highest BCUT2D eigenvalue weighted by atomic mass is 16.5. The minimum Gasteiger partial charge on any atom is -0.376 e. The van der Waals surface area contributed by atoms with Crippen LogP contribution in [-0.4, -0.2) is 31.1 Å². The molecule has 0 fully saturated rings. The van der Waals surface area contributed by atoms with Crippen LogP contribution in [0.15, 0.2) is 96.1 Å². The predicted octanol–water partition coefficient (Wildman–Crippen LogP) is 5.25. The van der Waals surface area contributed by atoms with Gasteiger partial charge in [-0.25, -0.2) is 0 Å². The van der Waals surface area contributed by atoms with Gasteiger partial charge in [0.1, 0.15) is 12.2 Å². The molecule has 3 atom stereocenters. The van der Waals surface area contributed by atoms with E-state index in [1.54, 1.807) is 0 Å². The molecule has 0 amide bonds. The first-order valence-corrected chi connectivity index (χ1v) is 10.7. The summed E-state index contributed by atoms with van der Waals surface area (Å²) in [6.07, 6.45) is -1.07. The van der Waals surface area contributed by atoms with Crippen molar-refractivity contribution in [2.24, 2.45) is 5.11 Å². The third-order valence-electron chi connectivity index (χ3n) is 5.01. The number of hydrogen-bond donors (Lipinski definition) is 0. The van der Waals surface area contributed by atoms with Crippen molar-refractivity contribution in [2.45, 2.75) is 38.1 Å². The summed E-state index contributed by atoms with van der Waals surface area (Å²) < 4.78 is 17.8. The molecule has 0 bridgehead atoms. The molecule has 0 saturated heterocycles. The maximum Gasteiger partial charge on any atom is 0.151 e. The Kier molecular flexibility index (Phi) is 10.1. The maximum atomic E-state index is 12.0. The Morgan fingerprint density at radius 2 is 1.24 bits per heavy atom. The van der Waals surface area contributed by atoms with Gasteiger partial charge < -0.3 is 19.0 Å². The fraction of sp³-hybridized carbons (Fsp3) is 0.269. The molecule has 7 heteroatoms. The summed E-state index contributed by atoms with van der Waals surface area (Å²) >= 11 is 0. The molecule has 0 saturated carbocycles. The van der Waals surface area contributed by atoms with Crippen molar-refractivity contribution >= 4 is 6.29 Å². The lowest BCUT2D eigenvalue weighted by molar-refractivity contribution is -0.137. The quantitative estimate of drug-likeness (QED) is 0.147. The van der Waals surface area contributed by atoms with Gasteiger partial charge in [-0.1, -0.05) is 96.1 Å². The van der Waals surface area contributed by atoms with Crippen molar-refractivity contribution in [3.8, 4) is 0 Å². The summed E-state index contributed by atoms with van der Waals surface area (Å²) in [5.41, 5.74) is 12.0. The summed E-state index contributed by atoms with van der Waals surface area (Å²) in [4.78, 5) is 15.0. The summed E-state index contributed by atoms with van der Waals surface area (Å²) in [6.45, 7) is 0.891. The molecule has 3 aromatic rings. The van der Waals surface area contributed by atoms with E-state index in [-0.39, 0.29) is 19.8 Å². The van der Waals surface area contributed by atoms with E-state index in [4.69, 9.17) is 19.7 Å². The topological polar surface area (TPSA) is 93.5 Å². The van der Waals surface area contributed by atoms with Gasteiger partial charge in [-0.05, 0) is 22.2 Å². The Labute approximate surface area is 193 Å². The number of nitrogens with zero attached hydrogens (tertiary/aromatic N) is 3. The van der Waals surface area contributed by atoms with Crippen molar-refractivity contribution < 1.29 is 19.0 Å². The minimum atomic E-state index is -0.940. The molecule has 0 spiro atoms. The first kappa shape index (κ1) is 24.2. The van der Waals surface area contributed by atoms with Crippen molar-refractivity contribution in [2.75, 3.05) is 6.61 Å². The monoisotopic (exact) mass is 445 g/mol. The zero-order valence-corrected chi connectivity index (χ0v) is 18.3. The van der Waals surface area contributed by atoms with Gasteiger partial charge >= 0.3 is 0 Å². The second kappa shape index (κ2) is 13.8. The molecule has 170 valence electrons. The number of benzene rings is 3. The molecular formula is C26H27N3O4. The molecular weight excluding hydrogens is 418 g/mol. The van der Waals surface area contributed by atoms with Gasteiger partial charge in [-0.15, -0.1) is 0 Å². The number of hydrogen-bond acceptors (Lipinski definition) is 5. The van der Waals surface area contributed by atoms with Crippen LogP contribution < -0.4 is 0 Å². The summed E-state index contributed by atoms with van der Waals surface area (Å²) in [6, 6.07) is 28.0. The van der Waals surface area contributed by atoms with Crippen LogP contribution in [0.3, 0.4) is 0 Å². The highest BCUT2D eigenvalue weighted by molar-refractivity contribution is 5.57. The number of carbonyl (C=O) groups excluding carboxylic acids is 1. The summed E-state index contributed by atoms with van der Waals surface area (Å²) in [5, 5.41) is 3.88. The van der Waals surface area contributed by atoms with Gasteiger partial charge in [-0.3, -0.25) is 0 Å². The molecule has 3 rings (SSSR count). The number of azide groups is 1. The SMILES string of the molecule is [N-]=[N+]=N[C@H](COCc1ccccc1)[C@H](OCc1ccccc1)[C@@H](C=O)OCc1ccccc1. The fourth-order valence-electron chi connectivity index (χ4n) is 3.30. The second-order valence-electron chi connectivity index (χ2n) is 7.43.